The molecule has 0 aliphatic carbocycles. The highest BCUT2D eigenvalue weighted by molar-refractivity contribution is 6.31. The van der Waals surface area contributed by atoms with Crippen LogP contribution in [0.3, 0.4) is 0 Å². The molecule has 0 aliphatic heterocycles. The number of pyridine rings is 1. The molecule has 0 fully saturated rings. The lowest BCUT2D eigenvalue weighted by Gasteiger charge is -2.10. The second-order valence-electron chi connectivity index (χ2n) is 5.46. The van der Waals surface area contributed by atoms with Gasteiger partial charge in [0.05, 0.1) is 11.3 Å². The number of hydrogen-bond donors (Lipinski definition) is 1. The van der Waals surface area contributed by atoms with E-state index in [1.807, 2.05) is 0 Å². The molecule has 0 aliphatic rings. The number of nitrogens with one attached hydrogen (secondary N) is 1. The minimum atomic E-state index is -4.50. The first-order valence-electron chi connectivity index (χ1n) is 7.35. The zero-order valence-electron chi connectivity index (χ0n) is 13.1. The van der Waals surface area contributed by atoms with Gasteiger partial charge in [0, 0.05) is 17.8 Å². The quantitative estimate of drug-likeness (QED) is 0.752. The molecule has 8 heteroatoms. The van der Waals surface area contributed by atoms with Crippen molar-refractivity contribution in [3.63, 3.8) is 0 Å². The Hall–Kier alpha value is -2.54. The first-order valence-corrected chi connectivity index (χ1v) is 7.72. The van der Waals surface area contributed by atoms with E-state index in [0.717, 1.165) is 16.7 Å². The van der Waals surface area contributed by atoms with E-state index in [0.29, 0.717) is 16.3 Å². The van der Waals surface area contributed by atoms with Crippen LogP contribution in [0.2, 0.25) is 5.02 Å². The SMILES string of the molecule is Cc1nc2ccc(C(F)(F)F)cn2c1C(=O)NCc1ccccc1Cl. The molecule has 3 aromatic rings. The van der Waals surface area contributed by atoms with Gasteiger partial charge in [0.1, 0.15) is 11.3 Å². The van der Waals surface area contributed by atoms with E-state index in [2.05, 4.69) is 10.3 Å². The number of nitrogens with zero attached hydrogens (tertiary/aromatic N) is 2. The topological polar surface area (TPSA) is 46.4 Å². The summed E-state index contributed by atoms with van der Waals surface area (Å²) in [6.45, 7) is 1.73. The Morgan fingerprint density at radius 1 is 1.24 bits per heavy atom. The van der Waals surface area contributed by atoms with Crippen LogP contribution in [-0.4, -0.2) is 15.3 Å². The van der Waals surface area contributed by atoms with Gasteiger partial charge < -0.3 is 5.32 Å². The van der Waals surface area contributed by atoms with Crippen LogP contribution in [0.25, 0.3) is 5.65 Å². The van der Waals surface area contributed by atoms with E-state index < -0.39 is 17.6 Å². The lowest BCUT2D eigenvalue weighted by atomic mass is 10.2. The molecule has 0 saturated heterocycles. The van der Waals surface area contributed by atoms with Crippen LogP contribution in [0, 0.1) is 6.92 Å². The summed E-state index contributed by atoms with van der Waals surface area (Å²) in [6, 6.07) is 9.17. The largest absolute Gasteiger partial charge is 0.417 e. The summed E-state index contributed by atoms with van der Waals surface area (Å²) >= 11 is 6.04. The summed E-state index contributed by atoms with van der Waals surface area (Å²) in [6.07, 6.45) is -3.63. The molecule has 0 radical (unpaired) electrons. The third-order valence-corrected chi connectivity index (χ3v) is 4.10. The molecule has 0 atom stereocenters. The number of carbonyl (C=O) groups is 1. The van der Waals surface area contributed by atoms with Gasteiger partial charge in [-0.1, -0.05) is 29.8 Å². The molecule has 1 aromatic carbocycles. The van der Waals surface area contributed by atoms with Gasteiger partial charge in [-0.3, -0.25) is 9.20 Å². The molecule has 0 spiro atoms. The summed E-state index contributed by atoms with van der Waals surface area (Å²) in [7, 11) is 0. The maximum absolute atomic E-state index is 12.9. The zero-order chi connectivity index (χ0) is 18.2. The highest BCUT2D eigenvalue weighted by atomic mass is 35.5. The molecule has 2 aromatic heterocycles. The van der Waals surface area contributed by atoms with Gasteiger partial charge in [-0.05, 0) is 30.7 Å². The lowest BCUT2D eigenvalue weighted by molar-refractivity contribution is -0.137. The van der Waals surface area contributed by atoms with Gasteiger partial charge >= 0.3 is 6.18 Å². The monoisotopic (exact) mass is 367 g/mol. The van der Waals surface area contributed by atoms with Crippen molar-refractivity contribution in [3.8, 4) is 0 Å². The minimum absolute atomic E-state index is 0.0631. The Bertz CT molecular complexity index is 950. The van der Waals surface area contributed by atoms with Gasteiger partial charge in [0.25, 0.3) is 5.91 Å². The number of halogens is 4. The van der Waals surface area contributed by atoms with E-state index in [4.69, 9.17) is 11.6 Å². The van der Waals surface area contributed by atoms with Crippen molar-refractivity contribution >= 4 is 23.2 Å². The van der Waals surface area contributed by atoms with Gasteiger partial charge in [-0.2, -0.15) is 13.2 Å². The zero-order valence-corrected chi connectivity index (χ0v) is 13.8. The molecule has 0 unspecified atom stereocenters. The lowest BCUT2D eigenvalue weighted by Crippen LogP contribution is -2.25. The van der Waals surface area contributed by atoms with Crippen molar-refractivity contribution in [1.82, 2.24) is 14.7 Å². The van der Waals surface area contributed by atoms with Gasteiger partial charge in [0.15, 0.2) is 0 Å². The standard InChI is InChI=1S/C17H13ClF3N3O/c1-10-15(16(25)22-8-11-4-2-3-5-13(11)18)24-9-12(17(19,20)21)6-7-14(24)23-10/h2-7,9H,8H2,1H3,(H,22,25). The summed E-state index contributed by atoms with van der Waals surface area (Å²) in [5.74, 6) is -0.524. The van der Waals surface area contributed by atoms with E-state index in [9.17, 15) is 18.0 Å². The number of fused-ring (bicyclic) bond motifs is 1. The van der Waals surface area contributed by atoms with E-state index in [1.165, 1.54) is 6.07 Å². The number of imidazole rings is 1. The molecule has 0 saturated carbocycles. The van der Waals surface area contributed by atoms with Crippen molar-refractivity contribution in [3.05, 3.63) is 70.1 Å². The fourth-order valence-corrected chi connectivity index (χ4v) is 2.71. The highest BCUT2D eigenvalue weighted by Gasteiger charge is 2.31. The van der Waals surface area contributed by atoms with Gasteiger partial charge in [-0.15, -0.1) is 0 Å². The van der Waals surface area contributed by atoms with Crippen LogP contribution < -0.4 is 5.32 Å². The van der Waals surface area contributed by atoms with Crippen molar-refractivity contribution in [2.45, 2.75) is 19.6 Å². The fourth-order valence-electron chi connectivity index (χ4n) is 2.50. The molecule has 25 heavy (non-hydrogen) atoms. The number of amides is 1. The number of rotatable bonds is 3. The Labute approximate surface area is 146 Å². The number of benzene rings is 1. The van der Waals surface area contributed by atoms with Crippen LogP contribution in [0.4, 0.5) is 13.2 Å². The van der Waals surface area contributed by atoms with Crippen LogP contribution in [-0.2, 0) is 12.7 Å². The summed E-state index contributed by atoms with van der Waals surface area (Å²) in [5, 5.41) is 3.17. The second kappa shape index (κ2) is 6.40. The molecule has 0 bridgehead atoms. The third-order valence-electron chi connectivity index (χ3n) is 3.73. The van der Waals surface area contributed by atoms with Crippen LogP contribution in [0.1, 0.15) is 27.3 Å². The Balaban J connectivity index is 1.93. The first-order chi connectivity index (χ1) is 11.8. The van der Waals surface area contributed by atoms with Crippen LogP contribution in [0.5, 0.6) is 0 Å². The van der Waals surface area contributed by atoms with E-state index >= 15 is 0 Å². The number of carbonyl (C=O) groups excluding carboxylic acids is 1. The number of aromatic nitrogens is 2. The van der Waals surface area contributed by atoms with Gasteiger partial charge in [-0.25, -0.2) is 4.98 Å². The summed E-state index contributed by atoms with van der Waals surface area (Å²) in [5.41, 5.74) is 0.537. The first kappa shape index (κ1) is 17.3. The van der Waals surface area contributed by atoms with Crippen LogP contribution in [0.15, 0.2) is 42.6 Å². The molecular weight excluding hydrogens is 355 g/mol. The van der Waals surface area contributed by atoms with Crippen molar-refractivity contribution in [1.29, 1.82) is 0 Å². The normalized spacial score (nSPS) is 11.7. The number of alkyl halides is 3. The Kier molecular flexibility index (Phi) is 4.43. The van der Waals surface area contributed by atoms with Crippen LogP contribution >= 0.6 is 11.6 Å². The summed E-state index contributed by atoms with van der Waals surface area (Å²) in [4.78, 5) is 16.6. The number of hydrogen-bond acceptors (Lipinski definition) is 2. The Morgan fingerprint density at radius 3 is 2.64 bits per heavy atom. The van der Waals surface area contributed by atoms with Gasteiger partial charge in [0.2, 0.25) is 0 Å². The Morgan fingerprint density at radius 2 is 1.96 bits per heavy atom. The summed E-state index contributed by atoms with van der Waals surface area (Å²) < 4.78 is 39.9. The van der Waals surface area contributed by atoms with E-state index in [-0.39, 0.29) is 17.9 Å². The molecular formula is C17H13ClF3N3O. The molecule has 1 amide bonds. The molecule has 4 nitrogen and oxygen atoms in total. The van der Waals surface area contributed by atoms with Crippen molar-refractivity contribution in [2.75, 3.05) is 0 Å². The third kappa shape index (κ3) is 3.46. The average Bonchev–Trinajstić information content (AvgIpc) is 2.88. The van der Waals surface area contributed by atoms with Crippen molar-refractivity contribution < 1.29 is 18.0 Å². The number of aryl methyl sites for hydroxylation is 1. The molecule has 2 heterocycles. The van der Waals surface area contributed by atoms with E-state index in [1.54, 1.807) is 31.2 Å². The fraction of sp³-hybridized carbons (Fsp3) is 0.176. The molecule has 130 valence electrons. The van der Waals surface area contributed by atoms with Crippen molar-refractivity contribution in [2.24, 2.45) is 0 Å². The minimum Gasteiger partial charge on any atom is -0.347 e. The average molecular weight is 368 g/mol. The predicted octanol–water partition coefficient (Wildman–Crippen LogP) is 4.24. The highest BCUT2D eigenvalue weighted by Crippen LogP contribution is 2.29. The predicted molar refractivity (Wildman–Crippen MR) is 87.6 cm³/mol. The maximum Gasteiger partial charge on any atom is 0.417 e. The molecule has 1 N–H and O–H groups in total. The molecule has 3 rings (SSSR count). The second-order valence-corrected chi connectivity index (χ2v) is 5.87. The maximum atomic E-state index is 12.9. The smallest absolute Gasteiger partial charge is 0.347 e.